The summed E-state index contributed by atoms with van der Waals surface area (Å²) in [6.07, 6.45) is -1.13. The molecule has 130 valence electrons. The smallest absolute Gasteiger partial charge is 0.250 e. The summed E-state index contributed by atoms with van der Waals surface area (Å²) in [6, 6.07) is 16.9. The second-order valence-corrected chi connectivity index (χ2v) is 6.65. The Morgan fingerprint density at radius 3 is 2.42 bits per heavy atom. The lowest BCUT2D eigenvalue weighted by atomic mass is 10.0. The van der Waals surface area contributed by atoms with Gasteiger partial charge in [-0.25, -0.2) is 0 Å². The Balaban J connectivity index is 1.71. The SMILES string of the molecule is Cc1noc(-c2ccc(Br)cc2)c1C(O)c1nnc(-c2ccccc2)o1. The fourth-order valence-electron chi connectivity index (χ4n) is 2.67. The van der Waals surface area contributed by atoms with Gasteiger partial charge < -0.3 is 14.0 Å². The maximum atomic E-state index is 10.8. The number of rotatable bonds is 4. The molecule has 26 heavy (non-hydrogen) atoms. The van der Waals surface area contributed by atoms with Crippen LogP contribution in [0.4, 0.5) is 0 Å². The van der Waals surface area contributed by atoms with Crippen molar-refractivity contribution in [2.24, 2.45) is 0 Å². The molecule has 0 spiro atoms. The first-order valence-electron chi connectivity index (χ1n) is 7.92. The Morgan fingerprint density at radius 1 is 0.962 bits per heavy atom. The van der Waals surface area contributed by atoms with Crippen molar-refractivity contribution in [2.75, 3.05) is 0 Å². The van der Waals surface area contributed by atoms with E-state index in [0.29, 0.717) is 22.9 Å². The van der Waals surface area contributed by atoms with Gasteiger partial charge in [0.1, 0.15) is 0 Å². The van der Waals surface area contributed by atoms with E-state index >= 15 is 0 Å². The molecule has 0 saturated carbocycles. The molecule has 0 bridgehead atoms. The zero-order valence-corrected chi connectivity index (χ0v) is 15.3. The van der Waals surface area contributed by atoms with Crippen molar-refractivity contribution in [2.45, 2.75) is 13.0 Å². The molecule has 7 heteroatoms. The van der Waals surface area contributed by atoms with Crippen molar-refractivity contribution in [3.63, 3.8) is 0 Å². The molecule has 2 aromatic carbocycles. The molecule has 2 heterocycles. The van der Waals surface area contributed by atoms with E-state index in [1.807, 2.05) is 54.6 Å². The maximum absolute atomic E-state index is 10.8. The molecule has 0 saturated heterocycles. The first kappa shape index (κ1) is 16.7. The lowest BCUT2D eigenvalue weighted by Crippen LogP contribution is -2.02. The van der Waals surface area contributed by atoms with Crippen LogP contribution in [0.25, 0.3) is 22.8 Å². The van der Waals surface area contributed by atoms with Crippen molar-refractivity contribution in [3.8, 4) is 22.8 Å². The molecule has 0 fully saturated rings. The number of aliphatic hydroxyl groups is 1. The van der Waals surface area contributed by atoms with Crippen LogP contribution in [0.1, 0.15) is 23.3 Å². The number of hydrogen-bond donors (Lipinski definition) is 1. The predicted molar refractivity (Wildman–Crippen MR) is 98.2 cm³/mol. The normalized spacial score (nSPS) is 12.3. The molecule has 0 aliphatic carbocycles. The van der Waals surface area contributed by atoms with Gasteiger partial charge in [-0.2, -0.15) is 0 Å². The van der Waals surface area contributed by atoms with Crippen molar-refractivity contribution in [3.05, 3.63) is 76.2 Å². The van der Waals surface area contributed by atoms with Gasteiger partial charge >= 0.3 is 0 Å². The number of benzene rings is 2. The first-order chi connectivity index (χ1) is 12.6. The van der Waals surface area contributed by atoms with Crippen LogP contribution in [-0.4, -0.2) is 20.5 Å². The molecule has 4 rings (SSSR count). The molecule has 2 aromatic heterocycles. The predicted octanol–water partition coefficient (Wildman–Crippen LogP) is 4.54. The standard InChI is InChI=1S/C19H14BrN3O3/c1-11-15(17(26-23-11)12-7-9-14(20)10-8-12)16(24)19-22-21-18(25-19)13-5-3-2-4-6-13/h2-10,16,24H,1H3. The zero-order chi connectivity index (χ0) is 18.1. The third-order valence-electron chi connectivity index (χ3n) is 3.98. The van der Waals surface area contributed by atoms with Gasteiger partial charge in [-0.05, 0) is 31.2 Å². The quantitative estimate of drug-likeness (QED) is 0.530. The van der Waals surface area contributed by atoms with Gasteiger partial charge in [0.25, 0.3) is 0 Å². The Hall–Kier alpha value is -2.77. The van der Waals surface area contributed by atoms with E-state index in [1.165, 1.54) is 0 Å². The largest absolute Gasteiger partial charge is 0.417 e. The van der Waals surface area contributed by atoms with E-state index in [-0.39, 0.29) is 5.89 Å². The van der Waals surface area contributed by atoms with Gasteiger partial charge in [0, 0.05) is 15.6 Å². The van der Waals surface area contributed by atoms with Crippen LogP contribution in [0.2, 0.25) is 0 Å². The van der Waals surface area contributed by atoms with Crippen LogP contribution in [0.3, 0.4) is 0 Å². The minimum absolute atomic E-state index is 0.0912. The minimum Gasteiger partial charge on any atom is -0.417 e. The highest BCUT2D eigenvalue weighted by atomic mass is 79.9. The average Bonchev–Trinajstić information content (AvgIpc) is 3.30. The molecule has 1 atom stereocenters. The van der Waals surface area contributed by atoms with Gasteiger partial charge in [-0.1, -0.05) is 51.4 Å². The second kappa shape index (κ2) is 6.86. The van der Waals surface area contributed by atoms with Crippen LogP contribution in [0.15, 0.2) is 68.0 Å². The fourth-order valence-corrected chi connectivity index (χ4v) is 2.94. The highest BCUT2D eigenvalue weighted by Crippen LogP contribution is 2.35. The van der Waals surface area contributed by atoms with E-state index in [1.54, 1.807) is 6.92 Å². The van der Waals surface area contributed by atoms with Crippen molar-refractivity contribution < 1.29 is 14.0 Å². The molecule has 0 amide bonds. The molecule has 1 N–H and O–H groups in total. The number of nitrogens with zero attached hydrogens (tertiary/aromatic N) is 3. The Kier molecular flexibility index (Phi) is 4.40. The van der Waals surface area contributed by atoms with Gasteiger partial charge in [0.15, 0.2) is 11.9 Å². The number of aromatic nitrogens is 3. The monoisotopic (exact) mass is 411 g/mol. The molecule has 6 nitrogen and oxygen atoms in total. The van der Waals surface area contributed by atoms with Crippen LogP contribution < -0.4 is 0 Å². The molecule has 0 aliphatic heterocycles. The molecule has 4 aromatic rings. The second-order valence-electron chi connectivity index (χ2n) is 5.73. The van der Waals surface area contributed by atoms with Crippen LogP contribution >= 0.6 is 15.9 Å². The number of halogens is 1. The van der Waals surface area contributed by atoms with Gasteiger partial charge in [0.05, 0.1) is 11.3 Å². The van der Waals surface area contributed by atoms with Crippen LogP contribution in [0.5, 0.6) is 0 Å². The number of aryl methyl sites for hydroxylation is 1. The summed E-state index contributed by atoms with van der Waals surface area (Å²) in [7, 11) is 0. The summed E-state index contributed by atoms with van der Waals surface area (Å²) in [5.41, 5.74) is 2.66. The highest BCUT2D eigenvalue weighted by molar-refractivity contribution is 9.10. The lowest BCUT2D eigenvalue weighted by Gasteiger charge is -2.07. The third kappa shape index (κ3) is 3.07. The molecular weight excluding hydrogens is 398 g/mol. The van der Waals surface area contributed by atoms with Crippen LogP contribution in [-0.2, 0) is 0 Å². The van der Waals surface area contributed by atoms with Crippen molar-refractivity contribution >= 4 is 15.9 Å². The molecule has 0 aliphatic rings. The van der Waals surface area contributed by atoms with E-state index in [9.17, 15) is 5.11 Å². The summed E-state index contributed by atoms with van der Waals surface area (Å²) in [5.74, 6) is 0.912. The van der Waals surface area contributed by atoms with E-state index in [2.05, 4.69) is 31.3 Å². The van der Waals surface area contributed by atoms with Gasteiger partial charge in [-0.3, -0.25) is 0 Å². The fraction of sp³-hybridized carbons (Fsp3) is 0.105. The van der Waals surface area contributed by atoms with Crippen molar-refractivity contribution in [1.29, 1.82) is 0 Å². The van der Waals surface area contributed by atoms with Crippen LogP contribution in [0, 0.1) is 6.92 Å². The topological polar surface area (TPSA) is 85.2 Å². The summed E-state index contributed by atoms with van der Waals surface area (Å²) in [5, 5.41) is 22.8. The van der Waals surface area contributed by atoms with Gasteiger partial charge in [-0.15, -0.1) is 10.2 Å². The summed E-state index contributed by atoms with van der Waals surface area (Å²) < 4.78 is 12.1. The molecule has 1 unspecified atom stereocenters. The summed E-state index contributed by atoms with van der Waals surface area (Å²) >= 11 is 3.40. The number of aliphatic hydroxyl groups excluding tert-OH is 1. The van der Waals surface area contributed by atoms with E-state index < -0.39 is 6.10 Å². The maximum Gasteiger partial charge on any atom is 0.250 e. The minimum atomic E-state index is -1.13. The Bertz CT molecular complexity index is 1030. The van der Waals surface area contributed by atoms with E-state index in [4.69, 9.17) is 8.94 Å². The van der Waals surface area contributed by atoms with Crippen molar-refractivity contribution in [1.82, 2.24) is 15.4 Å². The number of hydrogen-bond acceptors (Lipinski definition) is 6. The average molecular weight is 412 g/mol. The Labute approximate surface area is 157 Å². The van der Waals surface area contributed by atoms with Gasteiger partial charge in [0.2, 0.25) is 11.8 Å². The molecular formula is C19H14BrN3O3. The summed E-state index contributed by atoms with van der Waals surface area (Å²) in [6.45, 7) is 1.76. The summed E-state index contributed by atoms with van der Waals surface area (Å²) in [4.78, 5) is 0. The molecule has 0 radical (unpaired) electrons. The van der Waals surface area contributed by atoms with E-state index in [0.717, 1.165) is 15.6 Å². The first-order valence-corrected chi connectivity index (χ1v) is 8.72. The third-order valence-corrected chi connectivity index (χ3v) is 4.51. The lowest BCUT2D eigenvalue weighted by molar-refractivity contribution is 0.183. The zero-order valence-electron chi connectivity index (χ0n) is 13.8. The highest BCUT2D eigenvalue weighted by Gasteiger charge is 2.27. The Morgan fingerprint density at radius 2 is 1.69 bits per heavy atom.